The Morgan fingerprint density at radius 2 is 2.19 bits per heavy atom. The number of nitrogens with one attached hydrogen (secondary N) is 1. The van der Waals surface area contributed by atoms with Crippen LogP contribution in [0.15, 0.2) is 29.4 Å². The molecule has 0 amide bonds. The molecule has 140 valence electrons. The number of aromatic nitrogens is 2. The maximum atomic E-state index is 12.9. The van der Waals surface area contributed by atoms with E-state index in [2.05, 4.69) is 9.82 Å². The van der Waals surface area contributed by atoms with Crippen molar-refractivity contribution >= 4 is 21.6 Å². The van der Waals surface area contributed by atoms with Crippen LogP contribution in [0.4, 0.5) is 0 Å². The second-order valence-corrected chi connectivity index (χ2v) is 8.90. The van der Waals surface area contributed by atoms with Crippen LogP contribution in [0.5, 0.6) is 5.75 Å². The van der Waals surface area contributed by atoms with Gasteiger partial charge in [0.05, 0.1) is 22.2 Å². The molecule has 26 heavy (non-hydrogen) atoms. The Labute approximate surface area is 157 Å². The molecule has 0 radical (unpaired) electrons. The molecular weight excluding hydrogens is 378 g/mol. The van der Waals surface area contributed by atoms with E-state index < -0.39 is 10.0 Å². The lowest BCUT2D eigenvalue weighted by Crippen LogP contribution is -2.36. The Morgan fingerprint density at radius 3 is 2.92 bits per heavy atom. The van der Waals surface area contributed by atoms with Crippen LogP contribution in [0, 0.1) is 0 Å². The average Bonchev–Trinajstić information content (AvgIpc) is 3.26. The SMILES string of the molecule is C[C@H]1Cc2cc(S(=O)(=O)N[C@H]3CCO[C@@H]3c3cnn(C)c3)cc(Cl)c2O1. The number of hydrogen-bond acceptors (Lipinski definition) is 5. The van der Waals surface area contributed by atoms with E-state index in [9.17, 15) is 8.42 Å². The van der Waals surface area contributed by atoms with Gasteiger partial charge in [0, 0.05) is 37.4 Å². The molecule has 0 aliphatic carbocycles. The molecular formula is C17H20ClN3O4S. The summed E-state index contributed by atoms with van der Waals surface area (Å²) in [6, 6.07) is 2.73. The van der Waals surface area contributed by atoms with Crippen LogP contribution in [0.2, 0.25) is 5.02 Å². The summed E-state index contributed by atoms with van der Waals surface area (Å²) in [6.07, 6.45) is 4.41. The van der Waals surface area contributed by atoms with E-state index in [0.29, 0.717) is 30.2 Å². The highest BCUT2D eigenvalue weighted by Crippen LogP contribution is 2.38. The minimum absolute atomic E-state index is 0.00777. The summed E-state index contributed by atoms with van der Waals surface area (Å²) in [5.74, 6) is 0.579. The summed E-state index contributed by atoms with van der Waals surface area (Å²) in [5.41, 5.74) is 1.67. The Morgan fingerprint density at radius 1 is 1.38 bits per heavy atom. The molecule has 0 unspecified atom stereocenters. The van der Waals surface area contributed by atoms with Crippen LogP contribution in [0.25, 0.3) is 0 Å². The zero-order valence-corrected chi connectivity index (χ0v) is 16.0. The van der Waals surface area contributed by atoms with Crippen LogP contribution in [-0.2, 0) is 28.2 Å². The number of hydrogen-bond donors (Lipinski definition) is 1. The van der Waals surface area contributed by atoms with Crippen molar-refractivity contribution in [2.75, 3.05) is 6.61 Å². The molecule has 7 nitrogen and oxygen atoms in total. The number of halogens is 1. The third-order valence-corrected chi connectivity index (χ3v) is 6.43. The maximum absolute atomic E-state index is 12.9. The van der Waals surface area contributed by atoms with Gasteiger partial charge in [-0.2, -0.15) is 5.10 Å². The van der Waals surface area contributed by atoms with Crippen LogP contribution in [-0.4, -0.2) is 37.0 Å². The molecule has 0 bridgehead atoms. The van der Waals surface area contributed by atoms with Crippen molar-refractivity contribution in [3.8, 4) is 5.75 Å². The largest absolute Gasteiger partial charge is 0.489 e. The predicted molar refractivity (Wildman–Crippen MR) is 95.9 cm³/mol. The summed E-state index contributed by atoms with van der Waals surface area (Å²) in [5, 5.41) is 4.45. The maximum Gasteiger partial charge on any atom is 0.240 e. The Hall–Kier alpha value is -1.61. The fourth-order valence-electron chi connectivity index (χ4n) is 3.51. The Bertz CT molecular complexity index is 943. The Balaban J connectivity index is 1.60. The van der Waals surface area contributed by atoms with E-state index in [1.54, 1.807) is 16.9 Å². The minimum atomic E-state index is -3.74. The highest BCUT2D eigenvalue weighted by molar-refractivity contribution is 7.89. The summed E-state index contributed by atoms with van der Waals surface area (Å²) in [7, 11) is -1.92. The van der Waals surface area contributed by atoms with Crippen LogP contribution >= 0.6 is 11.6 Å². The first-order valence-electron chi connectivity index (χ1n) is 8.45. The van der Waals surface area contributed by atoms with Gasteiger partial charge in [-0.15, -0.1) is 0 Å². The monoisotopic (exact) mass is 397 g/mol. The van der Waals surface area contributed by atoms with Gasteiger partial charge in [-0.25, -0.2) is 13.1 Å². The molecule has 3 atom stereocenters. The molecule has 1 N–H and O–H groups in total. The second kappa shape index (κ2) is 6.53. The summed E-state index contributed by atoms with van der Waals surface area (Å²) < 4.78 is 41.6. The van der Waals surface area contributed by atoms with Crippen molar-refractivity contribution in [3.05, 3.63) is 40.7 Å². The van der Waals surface area contributed by atoms with Crippen molar-refractivity contribution in [3.63, 3.8) is 0 Å². The fraction of sp³-hybridized carbons (Fsp3) is 0.471. The zero-order chi connectivity index (χ0) is 18.5. The highest BCUT2D eigenvalue weighted by atomic mass is 35.5. The molecule has 1 fully saturated rings. The molecule has 3 heterocycles. The van der Waals surface area contributed by atoms with Gasteiger partial charge in [0.2, 0.25) is 10.0 Å². The van der Waals surface area contributed by atoms with E-state index in [4.69, 9.17) is 21.1 Å². The second-order valence-electron chi connectivity index (χ2n) is 6.78. The highest BCUT2D eigenvalue weighted by Gasteiger charge is 2.35. The lowest BCUT2D eigenvalue weighted by atomic mass is 10.1. The third-order valence-electron chi connectivity index (χ3n) is 4.68. The predicted octanol–water partition coefficient (Wildman–Crippen LogP) is 2.21. The number of sulfonamides is 1. The average molecular weight is 398 g/mol. The van der Waals surface area contributed by atoms with Crippen molar-refractivity contribution in [2.45, 2.75) is 42.9 Å². The first kappa shape index (κ1) is 17.8. The van der Waals surface area contributed by atoms with Gasteiger partial charge in [0.1, 0.15) is 18.0 Å². The first-order chi connectivity index (χ1) is 12.3. The van der Waals surface area contributed by atoms with Gasteiger partial charge >= 0.3 is 0 Å². The molecule has 0 spiro atoms. The fourth-order valence-corrected chi connectivity index (χ4v) is 5.20. The minimum Gasteiger partial charge on any atom is -0.489 e. The molecule has 9 heteroatoms. The number of rotatable bonds is 4. The van der Waals surface area contributed by atoms with Gasteiger partial charge in [-0.05, 0) is 25.5 Å². The van der Waals surface area contributed by atoms with E-state index in [1.165, 1.54) is 6.07 Å². The number of nitrogens with zero attached hydrogens (tertiary/aromatic N) is 2. The molecule has 2 aliphatic heterocycles. The molecule has 2 aliphatic rings. The van der Waals surface area contributed by atoms with Gasteiger partial charge in [-0.3, -0.25) is 4.68 Å². The molecule has 1 saturated heterocycles. The van der Waals surface area contributed by atoms with Crippen LogP contribution < -0.4 is 9.46 Å². The van der Waals surface area contributed by atoms with E-state index in [-0.39, 0.29) is 23.1 Å². The molecule has 0 saturated carbocycles. The molecule has 1 aromatic heterocycles. The van der Waals surface area contributed by atoms with E-state index >= 15 is 0 Å². The van der Waals surface area contributed by atoms with Gasteiger partial charge in [0.25, 0.3) is 0 Å². The third kappa shape index (κ3) is 3.22. The lowest BCUT2D eigenvalue weighted by molar-refractivity contribution is 0.102. The number of fused-ring (bicyclic) bond motifs is 1. The van der Waals surface area contributed by atoms with E-state index in [0.717, 1.165) is 11.1 Å². The smallest absolute Gasteiger partial charge is 0.240 e. The lowest BCUT2D eigenvalue weighted by Gasteiger charge is -2.19. The van der Waals surface area contributed by atoms with Gasteiger partial charge in [-0.1, -0.05) is 11.6 Å². The quantitative estimate of drug-likeness (QED) is 0.855. The van der Waals surface area contributed by atoms with Crippen molar-refractivity contribution in [1.82, 2.24) is 14.5 Å². The van der Waals surface area contributed by atoms with Crippen LogP contribution in [0.1, 0.15) is 30.6 Å². The topological polar surface area (TPSA) is 82.5 Å². The molecule has 4 rings (SSSR count). The van der Waals surface area contributed by atoms with Crippen molar-refractivity contribution < 1.29 is 17.9 Å². The normalized spacial score (nSPS) is 25.3. The van der Waals surface area contributed by atoms with Crippen molar-refractivity contribution in [2.24, 2.45) is 7.05 Å². The van der Waals surface area contributed by atoms with Gasteiger partial charge in [0.15, 0.2) is 0 Å². The summed E-state index contributed by atoms with van der Waals surface area (Å²) in [6.45, 7) is 2.42. The molecule has 2 aromatic rings. The number of aryl methyl sites for hydroxylation is 1. The zero-order valence-electron chi connectivity index (χ0n) is 14.5. The van der Waals surface area contributed by atoms with E-state index in [1.807, 2.05) is 20.2 Å². The Kier molecular flexibility index (Phi) is 4.46. The number of benzene rings is 1. The van der Waals surface area contributed by atoms with Crippen LogP contribution in [0.3, 0.4) is 0 Å². The molecule has 1 aromatic carbocycles. The first-order valence-corrected chi connectivity index (χ1v) is 10.3. The summed E-state index contributed by atoms with van der Waals surface area (Å²) in [4.78, 5) is 0.149. The summed E-state index contributed by atoms with van der Waals surface area (Å²) >= 11 is 6.24. The van der Waals surface area contributed by atoms with Gasteiger partial charge < -0.3 is 9.47 Å². The number of ether oxygens (including phenoxy) is 2. The van der Waals surface area contributed by atoms with Crippen molar-refractivity contribution in [1.29, 1.82) is 0 Å². The standard InChI is InChI=1S/C17H20ClN3O4S/c1-10-5-11-6-13(7-14(18)16(11)25-10)26(22,23)20-15-3-4-24-17(15)12-8-19-21(2)9-12/h6-10,15,17,20H,3-5H2,1-2H3/t10-,15-,17+/m0/s1.